The first-order valence-corrected chi connectivity index (χ1v) is 9.98. The first-order valence-electron chi connectivity index (χ1n) is 9.98. The molecule has 0 amide bonds. The van der Waals surface area contributed by atoms with Crippen molar-refractivity contribution in [1.29, 1.82) is 0 Å². The molecule has 0 radical (unpaired) electrons. The Morgan fingerprint density at radius 3 is 3.04 bits per heavy atom. The van der Waals surface area contributed by atoms with Gasteiger partial charge in [-0.05, 0) is 44.2 Å². The normalized spacial score (nSPS) is 15.7. The third-order valence-corrected chi connectivity index (χ3v) is 4.46. The minimum absolute atomic E-state index is 0.406. The SMILES string of the molecule is CCNC(=NCc1nc(-c2ccco2)n[nH]1)NCCCOCC1CCOCC1. The van der Waals surface area contributed by atoms with E-state index in [1.165, 1.54) is 0 Å². The molecule has 3 heterocycles. The standard InChI is InChI=1S/C19H30N6O3/c1-2-20-19(21-8-4-9-27-14-15-6-11-26-12-7-15)22-13-17-23-18(25-24-17)16-5-3-10-28-16/h3,5,10,15H,2,4,6-9,11-14H2,1H3,(H2,20,21,22)(H,23,24,25). The number of hydrogen-bond acceptors (Lipinski definition) is 6. The maximum Gasteiger partial charge on any atom is 0.216 e. The van der Waals surface area contributed by atoms with Crippen molar-refractivity contribution in [2.24, 2.45) is 10.9 Å². The van der Waals surface area contributed by atoms with E-state index in [2.05, 4.69) is 30.8 Å². The molecule has 1 fully saturated rings. The van der Waals surface area contributed by atoms with Crippen LogP contribution in [0.4, 0.5) is 0 Å². The number of aromatic amines is 1. The zero-order valence-electron chi connectivity index (χ0n) is 16.4. The lowest BCUT2D eigenvalue weighted by atomic mass is 10.0. The molecule has 0 unspecified atom stereocenters. The number of H-pyrrole nitrogens is 1. The van der Waals surface area contributed by atoms with Crippen LogP contribution in [0, 0.1) is 5.92 Å². The number of aliphatic imine (C=N–C) groups is 1. The number of nitrogens with zero attached hydrogens (tertiary/aromatic N) is 3. The van der Waals surface area contributed by atoms with E-state index in [0.717, 1.165) is 64.7 Å². The highest BCUT2D eigenvalue weighted by molar-refractivity contribution is 5.79. The maximum absolute atomic E-state index is 5.79. The lowest BCUT2D eigenvalue weighted by molar-refractivity contribution is 0.0203. The third-order valence-electron chi connectivity index (χ3n) is 4.46. The van der Waals surface area contributed by atoms with Crippen LogP contribution < -0.4 is 10.6 Å². The second kappa shape index (κ2) is 11.5. The van der Waals surface area contributed by atoms with Crippen molar-refractivity contribution >= 4 is 5.96 Å². The highest BCUT2D eigenvalue weighted by Gasteiger charge is 2.13. The Labute approximate surface area is 165 Å². The molecule has 0 bridgehead atoms. The quantitative estimate of drug-likeness (QED) is 0.323. The number of nitrogens with one attached hydrogen (secondary N) is 3. The summed E-state index contributed by atoms with van der Waals surface area (Å²) in [5, 5.41) is 13.6. The molecule has 9 nitrogen and oxygen atoms in total. The van der Waals surface area contributed by atoms with Crippen LogP contribution in [0.2, 0.25) is 0 Å². The Hall–Kier alpha value is -2.39. The molecule has 1 saturated heterocycles. The molecule has 0 spiro atoms. The topological polar surface area (TPSA) is 110 Å². The summed E-state index contributed by atoms with van der Waals surface area (Å²) < 4.78 is 16.5. The summed E-state index contributed by atoms with van der Waals surface area (Å²) in [5.74, 6) is 3.26. The van der Waals surface area contributed by atoms with Crippen LogP contribution in [0.25, 0.3) is 11.6 Å². The lowest BCUT2D eigenvalue weighted by Gasteiger charge is -2.21. The van der Waals surface area contributed by atoms with Gasteiger partial charge in [-0.25, -0.2) is 9.98 Å². The van der Waals surface area contributed by atoms with Crippen LogP contribution in [-0.2, 0) is 16.0 Å². The molecule has 1 aliphatic heterocycles. The number of hydrogen-bond donors (Lipinski definition) is 3. The van der Waals surface area contributed by atoms with E-state index in [9.17, 15) is 0 Å². The van der Waals surface area contributed by atoms with Gasteiger partial charge in [0.25, 0.3) is 0 Å². The molecule has 28 heavy (non-hydrogen) atoms. The highest BCUT2D eigenvalue weighted by atomic mass is 16.5. The molecule has 154 valence electrons. The van der Waals surface area contributed by atoms with Gasteiger partial charge in [-0.15, -0.1) is 5.10 Å². The summed E-state index contributed by atoms with van der Waals surface area (Å²) >= 11 is 0. The van der Waals surface area contributed by atoms with E-state index >= 15 is 0 Å². The second-order valence-electron chi connectivity index (χ2n) is 6.69. The van der Waals surface area contributed by atoms with Gasteiger partial charge in [0.1, 0.15) is 12.4 Å². The lowest BCUT2D eigenvalue weighted by Crippen LogP contribution is -2.38. The molecular formula is C19H30N6O3. The molecule has 0 atom stereocenters. The Kier molecular flexibility index (Phi) is 8.32. The summed E-state index contributed by atoms with van der Waals surface area (Å²) in [6, 6.07) is 3.63. The Morgan fingerprint density at radius 1 is 1.36 bits per heavy atom. The monoisotopic (exact) mass is 390 g/mol. The first kappa shape index (κ1) is 20.3. The Bertz CT molecular complexity index is 694. The van der Waals surface area contributed by atoms with E-state index in [-0.39, 0.29) is 0 Å². The predicted octanol–water partition coefficient (Wildman–Crippen LogP) is 1.95. The molecule has 2 aromatic rings. The average Bonchev–Trinajstić information content (AvgIpc) is 3.41. The van der Waals surface area contributed by atoms with Gasteiger partial charge in [0.15, 0.2) is 11.7 Å². The van der Waals surface area contributed by atoms with Gasteiger partial charge < -0.3 is 24.5 Å². The number of guanidine groups is 1. The van der Waals surface area contributed by atoms with E-state index in [0.29, 0.717) is 29.9 Å². The summed E-state index contributed by atoms with van der Waals surface area (Å²) in [5.41, 5.74) is 0. The fourth-order valence-corrected chi connectivity index (χ4v) is 2.92. The smallest absolute Gasteiger partial charge is 0.216 e. The van der Waals surface area contributed by atoms with Gasteiger partial charge in [-0.3, -0.25) is 5.10 Å². The van der Waals surface area contributed by atoms with E-state index in [1.54, 1.807) is 6.26 Å². The van der Waals surface area contributed by atoms with Crippen LogP contribution in [-0.4, -0.2) is 60.7 Å². The summed E-state index contributed by atoms with van der Waals surface area (Å²) in [6.07, 6.45) is 4.75. The predicted molar refractivity (Wildman–Crippen MR) is 106 cm³/mol. The zero-order chi connectivity index (χ0) is 19.4. The first-order chi connectivity index (χ1) is 13.8. The van der Waals surface area contributed by atoms with Crippen LogP contribution in [0.5, 0.6) is 0 Å². The molecular weight excluding hydrogens is 360 g/mol. The Balaban J connectivity index is 1.35. The summed E-state index contributed by atoms with van der Waals surface area (Å²) in [7, 11) is 0. The average molecular weight is 390 g/mol. The van der Waals surface area contributed by atoms with Gasteiger partial charge in [0.2, 0.25) is 5.82 Å². The van der Waals surface area contributed by atoms with E-state index in [1.807, 2.05) is 19.1 Å². The van der Waals surface area contributed by atoms with Gasteiger partial charge in [0.05, 0.1) is 6.26 Å². The van der Waals surface area contributed by atoms with Crippen molar-refractivity contribution in [2.75, 3.05) is 39.5 Å². The molecule has 9 heteroatoms. The Morgan fingerprint density at radius 2 is 2.25 bits per heavy atom. The minimum atomic E-state index is 0.406. The molecule has 3 N–H and O–H groups in total. The number of rotatable bonds is 10. The highest BCUT2D eigenvalue weighted by Crippen LogP contribution is 2.15. The van der Waals surface area contributed by atoms with Crippen LogP contribution in [0.15, 0.2) is 27.8 Å². The minimum Gasteiger partial charge on any atom is -0.461 e. The number of furan rings is 1. The van der Waals surface area contributed by atoms with E-state index in [4.69, 9.17) is 13.9 Å². The molecule has 1 aliphatic rings. The largest absolute Gasteiger partial charge is 0.461 e. The molecule has 0 aliphatic carbocycles. The molecule has 2 aromatic heterocycles. The van der Waals surface area contributed by atoms with Crippen LogP contribution in [0.1, 0.15) is 32.0 Å². The fourth-order valence-electron chi connectivity index (χ4n) is 2.92. The van der Waals surface area contributed by atoms with Crippen molar-refractivity contribution in [3.8, 4) is 11.6 Å². The van der Waals surface area contributed by atoms with Gasteiger partial charge >= 0.3 is 0 Å². The maximum atomic E-state index is 5.79. The zero-order valence-corrected chi connectivity index (χ0v) is 16.4. The van der Waals surface area contributed by atoms with Gasteiger partial charge in [0, 0.05) is 39.5 Å². The van der Waals surface area contributed by atoms with E-state index < -0.39 is 0 Å². The van der Waals surface area contributed by atoms with Gasteiger partial charge in [-0.2, -0.15) is 0 Å². The van der Waals surface area contributed by atoms with Gasteiger partial charge in [-0.1, -0.05) is 0 Å². The van der Waals surface area contributed by atoms with Crippen molar-refractivity contribution in [3.63, 3.8) is 0 Å². The molecule has 0 aromatic carbocycles. The second-order valence-corrected chi connectivity index (χ2v) is 6.69. The summed E-state index contributed by atoms with van der Waals surface area (Å²) in [4.78, 5) is 8.94. The summed E-state index contributed by atoms with van der Waals surface area (Å²) in [6.45, 7) is 7.35. The molecule has 3 rings (SSSR count). The van der Waals surface area contributed by atoms with Crippen molar-refractivity contribution in [2.45, 2.75) is 32.7 Å². The van der Waals surface area contributed by atoms with Crippen molar-refractivity contribution in [1.82, 2.24) is 25.8 Å². The van der Waals surface area contributed by atoms with Crippen LogP contribution in [0.3, 0.4) is 0 Å². The fraction of sp³-hybridized carbons (Fsp3) is 0.632. The van der Waals surface area contributed by atoms with Crippen LogP contribution >= 0.6 is 0 Å². The number of aromatic nitrogens is 3. The van der Waals surface area contributed by atoms with Crippen molar-refractivity contribution < 1.29 is 13.9 Å². The van der Waals surface area contributed by atoms with Crippen molar-refractivity contribution in [3.05, 3.63) is 24.2 Å². The molecule has 0 saturated carbocycles. The third kappa shape index (κ3) is 6.65. The number of ether oxygens (including phenoxy) is 2.